The topological polar surface area (TPSA) is 99.2 Å². The number of likely N-dealkylation sites (tertiary alicyclic amines) is 1. The van der Waals surface area contributed by atoms with Gasteiger partial charge >= 0.3 is 0 Å². The van der Waals surface area contributed by atoms with Crippen molar-refractivity contribution in [3.8, 4) is 22.8 Å². The molecule has 0 bridgehead atoms. The maximum atomic E-state index is 12.2. The summed E-state index contributed by atoms with van der Waals surface area (Å²) in [7, 11) is 0. The van der Waals surface area contributed by atoms with Gasteiger partial charge in [0.15, 0.2) is 5.65 Å². The summed E-state index contributed by atoms with van der Waals surface area (Å²) in [6.07, 6.45) is 4.54. The molecule has 1 aliphatic heterocycles. The lowest BCUT2D eigenvalue weighted by Crippen LogP contribution is -2.40. The van der Waals surface area contributed by atoms with Gasteiger partial charge < -0.3 is 15.4 Å². The number of aromatic nitrogens is 4. The minimum atomic E-state index is -0.0801. The van der Waals surface area contributed by atoms with Crippen molar-refractivity contribution in [3.63, 3.8) is 0 Å². The van der Waals surface area contributed by atoms with E-state index in [-0.39, 0.29) is 11.9 Å². The highest BCUT2D eigenvalue weighted by Crippen LogP contribution is 2.34. The van der Waals surface area contributed by atoms with Crippen LogP contribution in [0, 0.1) is 0 Å². The SMILES string of the molecule is [2H]c1ccc(Oc2ccc(-c3nn([C@@H]4CCCN(C(=O)C=C)C4)c4ncnc(N)c34)cc2)cc1. The van der Waals surface area contributed by atoms with E-state index in [9.17, 15) is 4.79 Å². The van der Waals surface area contributed by atoms with E-state index in [4.69, 9.17) is 16.9 Å². The van der Waals surface area contributed by atoms with Crippen LogP contribution in [0.15, 0.2) is 73.6 Å². The van der Waals surface area contributed by atoms with Crippen LogP contribution in [-0.4, -0.2) is 43.6 Å². The summed E-state index contributed by atoms with van der Waals surface area (Å²) >= 11 is 0. The summed E-state index contributed by atoms with van der Waals surface area (Å²) in [4.78, 5) is 22.6. The molecule has 0 saturated carbocycles. The maximum absolute atomic E-state index is 12.2. The fraction of sp³-hybridized carbons (Fsp3) is 0.200. The number of para-hydroxylation sites is 1. The fourth-order valence-electron chi connectivity index (χ4n) is 4.19. The number of nitrogens with two attached hydrogens (primary N) is 1. The van der Waals surface area contributed by atoms with Gasteiger partial charge in [0.2, 0.25) is 5.91 Å². The van der Waals surface area contributed by atoms with Crippen LogP contribution in [0.25, 0.3) is 22.3 Å². The monoisotopic (exact) mass is 441 g/mol. The highest BCUT2D eigenvalue weighted by atomic mass is 16.5. The maximum Gasteiger partial charge on any atom is 0.246 e. The second-order valence-electron chi connectivity index (χ2n) is 7.90. The molecule has 1 amide bonds. The number of hydrogen-bond acceptors (Lipinski definition) is 6. The molecule has 0 unspecified atom stereocenters. The fourth-order valence-corrected chi connectivity index (χ4v) is 4.19. The molecule has 2 aromatic heterocycles. The molecular formula is C25H24N6O2. The van der Waals surface area contributed by atoms with Gasteiger partial charge in [-0.1, -0.05) is 24.8 Å². The quantitative estimate of drug-likeness (QED) is 0.466. The zero-order valence-corrected chi connectivity index (χ0v) is 18.0. The first-order chi connectivity index (χ1) is 16.5. The van der Waals surface area contributed by atoms with Crippen molar-refractivity contribution < 1.29 is 10.9 Å². The van der Waals surface area contributed by atoms with E-state index in [0.29, 0.717) is 53.2 Å². The number of carbonyl (C=O) groups excluding carboxylic acids is 1. The second kappa shape index (κ2) is 8.74. The number of hydrogen-bond donors (Lipinski definition) is 1. The Morgan fingerprint density at radius 2 is 1.94 bits per heavy atom. The average Bonchev–Trinajstić information content (AvgIpc) is 3.26. The zero-order valence-electron chi connectivity index (χ0n) is 19.0. The minimum Gasteiger partial charge on any atom is -0.457 e. The van der Waals surface area contributed by atoms with Gasteiger partial charge in [0.1, 0.15) is 29.3 Å². The van der Waals surface area contributed by atoms with Crippen LogP contribution in [0.1, 0.15) is 20.3 Å². The molecule has 0 spiro atoms. The van der Waals surface area contributed by atoms with Crippen LogP contribution in [0.4, 0.5) is 5.82 Å². The van der Waals surface area contributed by atoms with Gasteiger partial charge in [0.25, 0.3) is 0 Å². The third-order valence-corrected chi connectivity index (χ3v) is 5.80. The van der Waals surface area contributed by atoms with Crippen LogP contribution in [0.5, 0.6) is 11.5 Å². The summed E-state index contributed by atoms with van der Waals surface area (Å²) in [5, 5.41) is 5.58. The van der Waals surface area contributed by atoms with Gasteiger partial charge in [-0.05, 0) is 55.3 Å². The Kier molecular flexibility index (Phi) is 5.16. The largest absolute Gasteiger partial charge is 0.457 e. The lowest BCUT2D eigenvalue weighted by atomic mass is 10.1. The predicted molar refractivity (Wildman–Crippen MR) is 127 cm³/mol. The Hall–Kier alpha value is -4.20. The first kappa shape index (κ1) is 19.5. The molecule has 4 aromatic rings. The molecule has 1 saturated heterocycles. The Balaban J connectivity index is 1.48. The Morgan fingerprint density at radius 1 is 1.18 bits per heavy atom. The van der Waals surface area contributed by atoms with Crippen LogP contribution < -0.4 is 10.5 Å². The Labute approximate surface area is 192 Å². The van der Waals surface area contributed by atoms with Gasteiger partial charge in [-0.3, -0.25) is 4.79 Å². The van der Waals surface area contributed by atoms with Gasteiger partial charge in [0.05, 0.1) is 12.8 Å². The van der Waals surface area contributed by atoms with Crippen molar-refractivity contribution >= 4 is 22.8 Å². The summed E-state index contributed by atoms with van der Waals surface area (Å²) in [6, 6.07) is 14.8. The van der Waals surface area contributed by atoms with Crippen molar-refractivity contribution in [3.05, 3.63) is 73.6 Å². The number of amides is 1. The van der Waals surface area contributed by atoms with E-state index in [1.807, 2.05) is 28.9 Å². The summed E-state index contributed by atoms with van der Waals surface area (Å²) < 4.78 is 15.3. The van der Waals surface area contributed by atoms with Crippen molar-refractivity contribution in [2.45, 2.75) is 18.9 Å². The molecule has 33 heavy (non-hydrogen) atoms. The number of benzene rings is 2. The van der Waals surface area contributed by atoms with Gasteiger partial charge in [-0.15, -0.1) is 0 Å². The Bertz CT molecular complexity index is 1350. The first-order valence-electron chi connectivity index (χ1n) is 11.3. The molecule has 0 radical (unpaired) electrons. The molecule has 1 fully saturated rings. The number of ether oxygens (including phenoxy) is 1. The second-order valence-corrected chi connectivity index (χ2v) is 7.90. The van der Waals surface area contributed by atoms with E-state index in [1.54, 1.807) is 29.2 Å². The third kappa shape index (κ3) is 4.03. The Morgan fingerprint density at radius 3 is 2.70 bits per heavy atom. The van der Waals surface area contributed by atoms with Crippen LogP contribution in [0.2, 0.25) is 0 Å². The van der Waals surface area contributed by atoms with Gasteiger partial charge in [-0.25, -0.2) is 14.6 Å². The van der Waals surface area contributed by atoms with E-state index < -0.39 is 0 Å². The number of fused-ring (bicyclic) bond motifs is 1. The molecule has 2 aromatic carbocycles. The van der Waals surface area contributed by atoms with E-state index in [1.165, 1.54) is 12.4 Å². The predicted octanol–water partition coefficient (Wildman–Crippen LogP) is 4.22. The van der Waals surface area contributed by atoms with Gasteiger partial charge in [0, 0.05) is 18.7 Å². The van der Waals surface area contributed by atoms with E-state index in [2.05, 4.69) is 16.5 Å². The summed E-state index contributed by atoms with van der Waals surface area (Å²) in [6.45, 7) is 4.85. The van der Waals surface area contributed by atoms with E-state index >= 15 is 0 Å². The van der Waals surface area contributed by atoms with Crippen molar-refractivity contribution in [2.75, 3.05) is 18.8 Å². The number of carbonyl (C=O) groups is 1. The first-order valence-corrected chi connectivity index (χ1v) is 10.8. The third-order valence-electron chi connectivity index (χ3n) is 5.80. The number of piperidine rings is 1. The summed E-state index contributed by atoms with van der Waals surface area (Å²) in [5.74, 6) is 1.60. The lowest BCUT2D eigenvalue weighted by molar-refractivity contribution is -0.127. The van der Waals surface area contributed by atoms with Crippen molar-refractivity contribution in [1.29, 1.82) is 0 Å². The molecule has 166 valence electrons. The van der Waals surface area contributed by atoms with Crippen molar-refractivity contribution in [2.24, 2.45) is 0 Å². The molecule has 5 rings (SSSR count). The highest BCUT2D eigenvalue weighted by Gasteiger charge is 2.28. The van der Waals surface area contributed by atoms with Crippen LogP contribution in [-0.2, 0) is 4.79 Å². The number of anilines is 1. The van der Waals surface area contributed by atoms with Crippen LogP contribution in [0.3, 0.4) is 0 Å². The normalized spacial score (nSPS) is 16.4. The highest BCUT2D eigenvalue weighted by molar-refractivity contribution is 5.98. The smallest absolute Gasteiger partial charge is 0.246 e. The molecule has 8 nitrogen and oxygen atoms in total. The molecular weight excluding hydrogens is 416 g/mol. The molecule has 8 heteroatoms. The standard InChI is InChI=1S/C25H24N6O2/c1-2-21(32)30-14-6-7-18(15-30)31-25-22(24(26)27-16-28-25)23(29-31)17-10-12-20(13-11-17)33-19-8-4-3-5-9-19/h2-5,8-13,16,18H,1,6-7,14-15H2,(H2,26,27,28)/t18-/m1/s1/i3D. The molecule has 1 aliphatic rings. The van der Waals surface area contributed by atoms with E-state index in [0.717, 1.165) is 18.4 Å². The number of rotatable bonds is 5. The number of nitrogens with zero attached hydrogens (tertiary/aromatic N) is 5. The summed E-state index contributed by atoms with van der Waals surface area (Å²) in [5.41, 5.74) is 8.45. The van der Waals surface area contributed by atoms with Crippen LogP contribution >= 0.6 is 0 Å². The van der Waals surface area contributed by atoms with Crippen molar-refractivity contribution in [1.82, 2.24) is 24.6 Å². The minimum absolute atomic E-state index is 0.0224. The zero-order chi connectivity index (χ0) is 23.7. The molecule has 1 atom stereocenters. The van der Waals surface area contributed by atoms with Gasteiger partial charge in [-0.2, -0.15) is 5.10 Å². The number of nitrogen functional groups attached to an aromatic ring is 1. The molecule has 0 aliphatic carbocycles. The molecule has 3 heterocycles. The molecule has 2 N–H and O–H groups in total. The average molecular weight is 442 g/mol. The lowest BCUT2D eigenvalue weighted by Gasteiger charge is -2.32.